The fourth-order valence-corrected chi connectivity index (χ4v) is 1.57. The lowest BCUT2D eigenvalue weighted by Gasteiger charge is -2.14. The van der Waals surface area contributed by atoms with Crippen LogP contribution in [0.15, 0.2) is 12.7 Å². The second-order valence-corrected chi connectivity index (χ2v) is 3.38. The van der Waals surface area contributed by atoms with Crippen molar-refractivity contribution in [1.29, 1.82) is 0 Å². The van der Waals surface area contributed by atoms with Crippen molar-refractivity contribution in [2.24, 2.45) is 0 Å². The molecule has 0 saturated carbocycles. The summed E-state index contributed by atoms with van der Waals surface area (Å²) in [6, 6.07) is 0. The van der Waals surface area contributed by atoms with Gasteiger partial charge >= 0.3 is 0 Å². The molecule has 1 aliphatic rings. The van der Waals surface area contributed by atoms with Gasteiger partial charge < -0.3 is 10.2 Å². The largest absolute Gasteiger partial charge is 0.315 e. The molecule has 1 rings (SSSR count). The molecule has 0 aromatic rings. The predicted octanol–water partition coefficient (Wildman–Crippen LogP) is 1.25. The quantitative estimate of drug-likeness (QED) is 0.474. The molecule has 0 aliphatic carbocycles. The van der Waals surface area contributed by atoms with Gasteiger partial charge in [-0.05, 0) is 38.9 Å². The summed E-state index contributed by atoms with van der Waals surface area (Å²) >= 11 is 0. The van der Waals surface area contributed by atoms with Crippen LogP contribution in [0.4, 0.5) is 0 Å². The van der Waals surface area contributed by atoms with Crippen molar-refractivity contribution in [3.63, 3.8) is 0 Å². The molecule has 0 bridgehead atoms. The van der Waals surface area contributed by atoms with Crippen LogP contribution in [0.2, 0.25) is 0 Å². The van der Waals surface area contributed by atoms with Gasteiger partial charge in [0.25, 0.3) is 0 Å². The molecule has 1 N–H and O–H groups in total. The van der Waals surface area contributed by atoms with E-state index < -0.39 is 0 Å². The monoisotopic (exact) mass is 168 g/mol. The smallest absolute Gasteiger partial charge is 0.0107 e. The lowest BCUT2D eigenvalue weighted by atomic mass is 10.4. The molecule has 0 amide bonds. The van der Waals surface area contributed by atoms with Crippen LogP contribution in [0, 0.1) is 0 Å². The zero-order chi connectivity index (χ0) is 8.65. The molecular formula is C10H20N2. The molecule has 2 nitrogen and oxygen atoms in total. The van der Waals surface area contributed by atoms with Crippen LogP contribution in [0.3, 0.4) is 0 Å². The summed E-state index contributed by atoms with van der Waals surface area (Å²) in [4.78, 5) is 2.53. The number of hydrogen-bond donors (Lipinski definition) is 1. The highest BCUT2D eigenvalue weighted by Gasteiger charge is 2.09. The average Bonchev–Trinajstić information content (AvgIpc) is 2.57. The van der Waals surface area contributed by atoms with Gasteiger partial charge in [-0.25, -0.2) is 0 Å². The molecule has 0 aromatic heterocycles. The second-order valence-electron chi connectivity index (χ2n) is 3.38. The fourth-order valence-electron chi connectivity index (χ4n) is 1.57. The highest BCUT2D eigenvalue weighted by molar-refractivity contribution is 4.69. The Morgan fingerprint density at radius 1 is 1.25 bits per heavy atom. The van der Waals surface area contributed by atoms with Crippen molar-refractivity contribution in [2.75, 3.05) is 32.7 Å². The Balaban J connectivity index is 1.84. The van der Waals surface area contributed by atoms with Crippen molar-refractivity contribution >= 4 is 0 Å². The summed E-state index contributed by atoms with van der Waals surface area (Å²) in [6.07, 6.45) is 5.84. The minimum atomic E-state index is 1.08. The molecule has 0 spiro atoms. The van der Waals surface area contributed by atoms with Gasteiger partial charge in [0, 0.05) is 13.1 Å². The standard InChI is InChI=1S/C10H20N2/c1-2-3-6-11-7-10-12-8-4-5-9-12/h2,11H,1,3-10H2. The molecule has 1 heterocycles. The zero-order valence-electron chi connectivity index (χ0n) is 7.89. The van der Waals surface area contributed by atoms with Crippen LogP contribution in [-0.2, 0) is 0 Å². The lowest BCUT2D eigenvalue weighted by molar-refractivity contribution is 0.336. The highest BCUT2D eigenvalue weighted by Crippen LogP contribution is 2.05. The van der Waals surface area contributed by atoms with E-state index in [-0.39, 0.29) is 0 Å². The summed E-state index contributed by atoms with van der Waals surface area (Å²) in [6.45, 7) is 9.74. The molecule has 1 saturated heterocycles. The molecule has 70 valence electrons. The highest BCUT2D eigenvalue weighted by atomic mass is 15.1. The zero-order valence-corrected chi connectivity index (χ0v) is 7.89. The molecular weight excluding hydrogens is 148 g/mol. The van der Waals surface area contributed by atoms with Crippen molar-refractivity contribution in [2.45, 2.75) is 19.3 Å². The third-order valence-corrected chi connectivity index (χ3v) is 2.33. The Morgan fingerprint density at radius 3 is 2.67 bits per heavy atom. The summed E-state index contributed by atoms with van der Waals surface area (Å²) in [5, 5.41) is 3.40. The molecule has 12 heavy (non-hydrogen) atoms. The Bertz CT molecular complexity index is 117. The second kappa shape index (κ2) is 6.21. The van der Waals surface area contributed by atoms with Gasteiger partial charge in [-0.2, -0.15) is 0 Å². The van der Waals surface area contributed by atoms with Crippen LogP contribution in [0.5, 0.6) is 0 Å². The first-order chi connectivity index (χ1) is 5.93. The van der Waals surface area contributed by atoms with Crippen LogP contribution in [0.25, 0.3) is 0 Å². The number of likely N-dealkylation sites (tertiary alicyclic amines) is 1. The maximum Gasteiger partial charge on any atom is 0.0107 e. The van der Waals surface area contributed by atoms with E-state index >= 15 is 0 Å². The molecule has 0 unspecified atom stereocenters. The predicted molar refractivity (Wildman–Crippen MR) is 53.4 cm³/mol. The first kappa shape index (κ1) is 9.75. The Kier molecular flexibility index (Phi) is 5.04. The topological polar surface area (TPSA) is 15.3 Å². The Hall–Kier alpha value is -0.340. The number of nitrogens with zero attached hydrogens (tertiary/aromatic N) is 1. The van der Waals surface area contributed by atoms with Crippen LogP contribution >= 0.6 is 0 Å². The number of hydrogen-bond acceptors (Lipinski definition) is 2. The maximum absolute atomic E-state index is 3.69. The van der Waals surface area contributed by atoms with E-state index in [4.69, 9.17) is 0 Å². The first-order valence-electron chi connectivity index (χ1n) is 4.97. The molecule has 2 heteroatoms. The van der Waals surface area contributed by atoms with Gasteiger partial charge in [0.2, 0.25) is 0 Å². The third-order valence-electron chi connectivity index (χ3n) is 2.33. The van der Waals surface area contributed by atoms with Crippen molar-refractivity contribution in [1.82, 2.24) is 10.2 Å². The van der Waals surface area contributed by atoms with Gasteiger partial charge in [0.05, 0.1) is 0 Å². The van der Waals surface area contributed by atoms with Crippen molar-refractivity contribution in [3.8, 4) is 0 Å². The molecule has 0 atom stereocenters. The maximum atomic E-state index is 3.69. The fraction of sp³-hybridized carbons (Fsp3) is 0.800. The molecule has 1 aliphatic heterocycles. The minimum Gasteiger partial charge on any atom is -0.315 e. The Morgan fingerprint density at radius 2 is 2.00 bits per heavy atom. The molecule has 0 aromatic carbocycles. The third kappa shape index (κ3) is 3.88. The van der Waals surface area contributed by atoms with E-state index in [0.29, 0.717) is 0 Å². The first-order valence-corrected chi connectivity index (χ1v) is 4.97. The van der Waals surface area contributed by atoms with Gasteiger partial charge in [-0.15, -0.1) is 6.58 Å². The van der Waals surface area contributed by atoms with Gasteiger partial charge in [-0.3, -0.25) is 0 Å². The van der Waals surface area contributed by atoms with Gasteiger partial charge in [-0.1, -0.05) is 6.08 Å². The van der Waals surface area contributed by atoms with Crippen LogP contribution in [0.1, 0.15) is 19.3 Å². The minimum absolute atomic E-state index is 1.08. The van der Waals surface area contributed by atoms with E-state index in [2.05, 4.69) is 16.8 Å². The van der Waals surface area contributed by atoms with Crippen LogP contribution in [-0.4, -0.2) is 37.6 Å². The number of rotatable bonds is 6. The number of nitrogens with one attached hydrogen (secondary N) is 1. The van der Waals surface area contributed by atoms with Crippen molar-refractivity contribution < 1.29 is 0 Å². The molecule has 1 fully saturated rings. The normalized spacial score (nSPS) is 18.3. The summed E-state index contributed by atoms with van der Waals surface area (Å²) in [5.41, 5.74) is 0. The van der Waals surface area contributed by atoms with E-state index in [1.54, 1.807) is 0 Å². The SMILES string of the molecule is C=CCCNCCN1CCCC1. The summed E-state index contributed by atoms with van der Waals surface area (Å²) in [5.74, 6) is 0. The van der Waals surface area contributed by atoms with Gasteiger partial charge in [0.15, 0.2) is 0 Å². The summed E-state index contributed by atoms with van der Waals surface area (Å²) in [7, 11) is 0. The van der Waals surface area contributed by atoms with E-state index in [9.17, 15) is 0 Å². The Labute approximate surface area is 75.6 Å². The molecule has 0 radical (unpaired) electrons. The summed E-state index contributed by atoms with van der Waals surface area (Å²) < 4.78 is 0. The van der Waals surface area contributed by atoms with Crippen molar-refractivity contribution in [3.05, 3.63) is 12.7 Å². The van der Waals surface area contributed by atoms with Crippen LogP contribution < -0.4 is 5.32 Å². The van der Waals surface area contributed by atoms with E-state index in [0.717, 1.165) is 19.5 Å². The lowest BCUT2D eigenvalue weighted by Crippen LogP contribution is -2.30. The van der Waals surface area contributed by atoms with E-state index in [1.807, 2.05) is 6.08 Å². The van der Waals surface area contributed by atoms with E-state index in [1.165, 1.54) is 32.5 Å². The van der Waals surface area contributed by atoms with Gasteiger partial charge in [0.1, 0.15) is 0 Å². The average molecular weight is 168 g/mol.